The van der Waals surface area contributed by atoms with Crippen molar-refractivity contribution in [2.45, 2.75) is 37.4 Å². The quantitative estimate of drug-likeness (QED) is 0.511. The van der Waals surface area contributed by atoms with Gasteiger partial charge in [-0.05, 0) is 55.5 Å². The molecular formula is C22H24BrFN8O2. The number of carboxylic acid groups (broad SMARTS) is 1. The summed E-state index contributed by atoms with van der Waals surface area (Å²) in [5.74, 6) is -0.889. The molecule has 178 valence electrons. The first-order valence-electron chi connectivity index (χ1n) is 11.1. The van der Waals surface area contributed by atoms with Crippen LogP contribution in [0.1, 0.15) is 30.9 Å². The van der Waals surface area contributed by atoms with Gasteiger partial charge in [0.25, 0.3) is 0 Å². The number of carboxylic acids is 1. The van der Waals surface area contributed by atoms with Crippen molar-refractivity contribution < 1.29 is 14.3 Å². The van der Waals surface area contributed by atoms with Gasteiger partial charge in [-0.1, -0.05) is 5.21 Å². The molecule has 3 aromatic rings. The average Bonchev–Trinajstić information content (AvgIpc) is 3.20. The first-order valence-corrected chi connectivity index (χ1v) is 11.9. The number of aliphatic carboxylic acids is 1. The molecule has 2 aliphatic heterocycles. The van der Waals surface area contributed by atoms with Gasteiger partial charge < -0.3 is 20.2 Å². The number of carbonyl (C=O) groups is 1. The number of pyridine rings is 1. The topological polar surface area (TPSA) is 123 Å². The van der Waals surface area contributed by atoms with Crippen molar-refractivity contribution in [2.75, 3.05) is 38.6 Å². The molecule has 2 aliphatic rings. The molecule has 0 saturated carbocycles. The van der Waals surface area contributed by atoms with E-state index < -0.39 is 11.8 Å². The van der Waals surface area contributed by atoms with E-state index in [2.05, 4.69) is 46.3 Å². The number of hydrogen-bond donors (Lipinski definition) is 2. The molecule has 2 aromatic heterocycles. The number of likely N-dealkylation sites (N-methyl/N-ethyl adjacent to an activating group) is 1. The lowest BCUT2D eigenvalue weighted by Gasteiger charge is -2.43. The number of fused-ring (bicyclic) bond motifs is 3. The van der Waals surface area contributed by atoms with Crippen molar-refractivity contribution in [1.82, 2.24) is 30.2 Å². The second-order valence-corrected chi connectivity index (χ2v) is 9.97. The fraction of sp³-hybridized carbons (Fsp3) is 0.500. The zero-order valence-corrected chi connectivity index (χ0v) is 20.4. The first kappa shape index (κ1) is 22.9. The number of nitrogens with zero attached hydrogens (tertiary/aromatic N) is 7. The molecule has 12 heteroatoms. The van der Waals surface area contributed by atoms with Gasteiger partial charge in [0.15, 0.2) is 17.2 Å². The summed E-state index contributed by atoms with van der Waals surface area (Å²) in [5, 5.41) is 31.4. The molecule has 0 spiro atoms. The molecule has 0 aliphatic carbocycles. The minimum absolute atomic E-state index is 0.0105. The van der Waals surface area contributed by atoms with E-state index >= 15 is 4.39 Å². The molecule has 4 heterocycles. The van der Waals surface area contributed by atoms with Crippen molar-refractivity contribution in [3.05, 3.63) is 21.9 Å². The summed E-state index contributed by atoms with van der Waals surface area (Å²) in [6.07, 6.45) is 1.29. The lowest BCUT2D eigenvalue weighted by Crippen LogP contribution is -2.57. The Hall–Kier alpha value is -2.88. The molecule has 34 heavy (non-hydrogen) atoms. The number of anilines is 1. The first-order chi connectivity index (χ1) is 16.3. The number of nitrogens with one attached hydrogen (secondary N) is 1. The summed E-state index contributed by atoms with van der Waals surface area (Å²) >= 11 is 3.20. The molecule has 2 saturated heterocycles. The number of halogens is 2. The average molecular weight is 531 g/mol. The monoisotopic (exact) mass is 530 g/mol. The Bertz CT molecular complexity index is 1330. The highest BCUT2D eigenvalue weighted by atomic mass is 79.9. The number of nitriles is 1. The van der Waals surface area contributed by atoms with Crippen LogP contribution in [0, 0.1) is 17.1 Å². The van der Waals surface area contributed by atoms with Crippen LogP contribution >= 0.6 is 15.9 Å². The van der Waals surface area contributed by atoms with Gasteiger partial charge in [0.05, 0.1) is 22.5 Å². The zero-order valence-electron chi connectivity index (χ0n) is 18.8. The predicted molar refractivity (Wildman–Crippen MR) is 127 cm³/mol. The van der Waals surface area contributed by atoms with Crippen molar-refractivity contribution in [1.29, 1.82) is 5.26 Å². The Morgan fingerprint density at radius 2 is 2.18 bits per heavy atom. The highest BCUT2D eigenvalue weighted by Gasteiger charge is 2.34. The van der Waals surface area contributed by atoms with Gasteiger partial charge in [-0.25, -0.2) is 14.1 Å². The maximum atomic E-state index is 15.4. The number of hydrogen-bond acceptors (Lipinski definition) is 8. The van der Waals surface area contributed by atoms with E-state index in [4.69, 9.17) is 0 Å². The fourth-order valence-corrected chi connectivity index (χ4v) is 5.24. The van der Waals surface area contributed by atoms with Crippen LogP contribution in [-0.4, -0.2) is 81.8 Å². The van der Waals surface area contributed by atoms with E-state index in [9.17, 15) is 15.2 Å². The van der Waals surface area contributed by atoms with Crippen molar-refractivity contribution in [3.63, 3.8) is 0 Å². The van der Waals surface area contributed by atoms with Gasteiger partial charge in [-0.2, -0.15) is 5.26 Å². The summed E-state index contributed by atoms with van der Waals surface area (Å²) in [6, 6.07) is 3.71. The van der Waals surface area contributed by atoms with Crippen LogP contribution in [0.3, 0.4) is 0 Å². The number of rotatable bonds is 5. The molecule has 2 N–H and O–H groups in total. The fourth-order valence-electron chi connectivity index (χ4n) is 4.84. The van der Waals surface area contributed by atoms with Gasteiger partial charge in [0.1, 0.15) is 17.1 Å². The van der Waals surface area contributed by atoms with Crippen LogP contribution in [0.5, 0.6) is 0 Å². The molecule has 1 aromatic carbocycles. The van der Waals surface area contributed by atoms with E-state index in [0.717, 1.165) is 19.5 Å². The van der Waals surface area contributed by atoms with Gasteiger partial charge in [0.2, 0.25) is 0 Å². The Kier molecular flexibility index (Phi) is 5.87. The molecule has 2 atom stereocenters. The lowest BCUT2D eigenvalue weighted by atomic mass is 9.97. The van der Waals surface area contributed by atoms with Crippen molar-refractivity contribution in [3.8, 4) is 6.07 Å². The molecule has 0 unspecified atom stereocenters. The Morgan fingerprint density at radius 3 is 2.85 bits per heavy atom. The summed E-state index contributed by atoms with van der Waals surface area (Å²) in [7, 11) is 4.04. The van der Waals surface area contributed by atoms with Gasteiger partial charge in [-0.3, -0.25) is 4.79 Å². The summed E-state index contributed by atoms with van der Waals surface area (Å²) < 4.78 is 17.3. The van der Waals surface area contributed by atoms with Crippen LogP contribution in [0.25, 0.3) is 21.9 Å². The van der Waals surface area contributed by atoms with E-state index in [0.29, 0.717) is 41.2 Å². The number of aromatic nitrogens is 4. The van der Waals surface area contributed by atoms with E-state index in [-0.39, 0.29) is 34.1 Å². The minimum Gasteiger partial charge on any atom is -0.481 e. The molecule has 2 fully saturated rings. The second kappa shape index (κ2) is 8.72. The molecule has 5 rings (SSSR count). The predicted octanol–water partition coefficient (Wildman–Crippen LogP) is 2.27. The van der Waals surface area contributed by atoms with Crippen molar-refractivity contribution >= 4 is 49.7 Å². The third-order valence-corrected chi connectivity index (χ3v) is 7.58. The molecule has 0 amide bonds. The Labute approximate surface area is 203 Å². The van der Waals surface area contributed by atoms with Crippen LogP contribution in [0.15, 0.2) is 10.5 Å². The van der Waals surface area contributed by atoms with E-state index in [1.165, 1.54) is 0 Å². The zero-order chi connectivity index (χ0) is 24.1. The maximum Gasteiger partial charge on any atom is 0.304 e. The molecule has 0 bridgehead atoms. The van der Waals surface area contributed by atoms with Gasteiger partial charge >= 0.3 is 5.97 Å². The van der Waals surface area contributed by atoms with Crippen LogP contribution in [-0.2, 0) is 4.79 Å². The summed E-state index contributed by atoms with van der Waals surface area (Å²) in [5.41, 5.74) is 1.50. The summed E-state index contributed by atoms with van der Waals surface area (Å²) in [4.78, 5) is 20.1. The van der Waals surface area contributed by atoms with E-state index in [1.54, 1.807) is 10.7 Å². The molecular weight excluding hydrogens is 507 g/mol. The number of piperidine rings is 1. The highest BCUT2D eigenvalue weighted by molar-refractivity contribution is 9.10. The Morgan fingerprint density at radius 1 is 1.41 bits per heavy atom. The maximum absolute atomic E-state index is 15.4. The Balaban J connectivity index is 1.68. The van der Waals surface area contributed by atoms with Crippen LogP contribution in [0.4, 0.5) is 10.2 Å². The van der Waals surface area contributed by atoms with E-state index in [1.807, 2.05) is 20.2 Å². The standard InChI is InChI=1S/C22H24BrFN8O2/c1-30(2)14-9-31(10-14)22-20-21(15-5-11(8-25)17(23)18(24)19(15)27-22)32(29-28-20)13-3-4-26-12(6-13)7-16(33)34/h5,12-14,26H,3-4,6-7,9-10H2,1-2H3,(H,33,34)/t12-,13-/m0/s1. The minimum atomic E-state index is -0.864. The largest absolute Gasteiger partial charge is 0.481 e. The normalized spacial score (nSPS) is 21.2. The highest BCUT2D eigenvalue weighted by Crippen LogP contribution is 2.38. The number of benzene rings is 1. The second-order valence-electron chi connectivity index (χ2n) is 9.18. The summed E-state index contributed by atoms with van der Waals surface area (Å²) in [6.45, 7) is 2.11. The van der Waals surface area contributed by atoms with Gasteiger partial charge in [0, 0.05) is 30.6 Å². The third kappa shape index (κ3) is 3.77. The SMILES string of the molecule is CN(C)C1CN(c2nc3c(F)c(Br)c(C#N)cc3c3c2nnn3[C@H]2CCN[C@H](CC(=O)O)C2)C1. The van der Waals surface area contributed by atoms with Crippen LogP contribution in [0.2, 0.25) is 0 Å². The molecule has 0 radical (unpaired) electrons. The van der Waals surface area contributed by atoms with Gasteiger partial charge in [-0.15, -0.1) is 5.10 Å². The van der Waals surface area contributed by atoms with Crippen molar-refractivity contribution in [2.24, 2.45) is 0 Å². The smallest absolute Gasteiger partial charge is 0.304 e. The van der Waals surface area contributed by atoms with Crippen LogP contribution < -0.4 is 10.2 Å². The molecule has 10 nitrogen and oxygen atoms in total. The lowest BCUT2D eigenvalue weighted by molar-refractivity contribution is -0.137. The third-order valence-electron chi connectivity index (χ3n) is 6.81.